The van der Waals surface area contributed by atoms with Crippen LogP contribution in [-0.4, -0.2) is 63.1 Å². The van der Waals surface area contributed by atoms with Crippen molar-refractivity contribution in [3.8, 4) is 0 Å². The highest BCUT2D eigenvalue weighted by molar-refractivity contribution is 7.88. The second-order valence-corrected chi connectivity index (χ2v) is 11.3. The van der Waals surface area contributed by atoms with Crippen LogP contribution in [0.4, 0.5) is 0 Å². The van der Waals surface area contributed by atoms with Gasteiger partial charge in [0.15, 0.2) is 0 Å². The molecule has 5 nitrogen and oxygen atoms in total. The maximum Gasteiger partial charge on any atom is 0.218 e. The zero-order chi connectivity index (χ0) is 19.6. The lowest BCUT2D eigenvalue weighted by Gasteiger charge is -2.38. The predicted octanol–water partition coefficient (Wildman–Crippen LogP) is 3.12. The fourth-order valence-corrected chi connectivity index (χ4v) is 6.75. The maximum atomic E-state index is 12.8. The highest BCUT2D eigenvalue weighted by Gasteiger charge is 2.44. The lowest BCUT2D eigenvalue weighted by Crippen LogP contribution is -2.44. The number of piperidine rings is 2. The fourth-order valence-electron chi connectivity index (χ4n) is 5.22. The first-order valence-corrected chi connectivity index (χ1v) is 12.4. The summed E-state index contributed by atoms with van der Waals surface area (Å²) in [5.41, 5.74) is 1.05. The molecule has 0 saturated carbocycles. The Morgan fingerprint density at radius 3 is 2.61 bits per heavy atom. The number of nitrogens with zero attached hydrogens (tertiary/aromatic N) is 2. The van der Waals surface area contributed by atoms with E-state index in [0.29, 0.717) is 19.2 Å². The molecule has 2 atom stereocenters. The second kappa shape index (κ2) is 8.42. The molecule has 156 valence electrons. The average Bonchev–Trinajstić information content (AvgIpc) is 3.04. The zero-order valence-corrected chi connectivity index (χ0v) is 17.9. The molecule has 6 heteroatoms. The summed E-state index contributed by atoms with van der Waals surface area (Å²) in [4.78, 5) is 2.57. The van der Waals surface area contributed by atoms with Gasteiger partial charge in [0.25, 0.3) is 0 Å². The van der Waals surface area contributed by atoms with Crippen LogP contribution in [0.1, 0.15) is 44.6 Å². The molecule has 3 saturated heterocycles. The van der Waals surface area contributed by atoms with Gasteiger partial charge >= 0.3 is 0 Å². The van der Waals surface area contributed by atoms with Crippen LogP contribution in [0.25, 0.3) is 0 Å². The minimum absolute atomic E-state index is 0.104. The van der Waals surface area contributed by atoms with Crippen LogP contribution in [0.3, 0.4) is 0 Å². The number of sulfonamides is 1. The van der Waals surface area contributed by atoms with E-state index < -0.39 is 10.0 Å². The van der Waals surface area contributed by atoms with Gasteiger partial charge in [0.2, 0.25) is 10.0 Å². The van der Waals surface area contributed by atoms with E-state index in [-0.39, 0.29) is 11.2 Å². The SMILES string of the molecule is C[C@H]1CCCN(C[C@@H]2CC3(CCN(S(=O)(=O)Cc4ccccc4)CC3)CO2)C1. The van der Waals surface area contributed by atoms with Crippen LogP contribution in [-0.2, 0) is 20.5 Å². The van der Waals surface area contributed by atoms with Gasteiger partial charge in [-0.25, -0.2) is 12.7 Å². The highest BCUT2D eigenvalue weighted by atomic mass is 32.2. The Morgan fingerprint density at radius 2 is 1.89 bits per heavy atom. The molecule has 0 radical (unpaired) electrons. The normalized spacial score (nSPS) is 29.3. The lowest BCUT2D eigenvalue weighted by molar-refractivity contribution is 0.0482. The van der Waals surface area contributed by atoms with Crippen LogP contribution in [0.2, 0.25) is 0 Å². The van der Waals surface area contributed by atoms with Crippen molar-refractivity contribution in [2.24, 2.45) is 11.3 Å². The van der Waals surface area contributed by atoms with Crippen LogP contribution in [0, 0.1) is 11.3 Å². The molecule has 3 aliphatic heterocycles. The van der Waals surface area contributed by atoms with E-state index in [1.165, 1.54) is 25.9 Å². The molecule has 3 fully saturated rings. The fraction of sp³-hybridized carbons (Fsp3) is 0.727. The molecule has 1 spiro atoms. The summed E-state index contributed by atoms with van der Waals surface area (Å²) in [6, 6.07) is 9.49. The monoisotopic (exact) mass is 406 g/mol. The number of hydrogen-bond acceptors (Lipinski definition) is 4. The first-order chi connectivity index (χ1) is 13.4. The van der Waals surface area contributed by atoms with Crippen molar-refractivity contribution in [2.45, 2.75) is 50.9 Å². The third-order valence-corrected chi connectivity index (χ3v) is 8.71. The van der Waals surface area contributed by atoms with Gasteiger partial charge in [-0.2, -0.15) is 0 Å². The Bertz CT molecular complexity index is 744. The topological polar surface area (TPSA) is 49.9 Å². The number of rotatable bonds is 5. The van der Waals surface area contributed by atoms with E-state index in [4.69, 9.17) is 4.74 Å². The third kappa shape index (κ3) is 4.78. The largest absolute Gasteiger partial charge is 0.376 e. The second-order valence-electron chi connectivity index (χ2n) is 9.28. The Balaban J connectivity index is 1.29. The summed E-state index contributed by atoms with van der Waals surface area (Å²) >= 11 is 0. The molecule has 3 aliphatic rings. The molecule has 0 N–H and O–H groups in total. The van der Waals surface area contributed by atoms with E-state index in [0.717, 1.165) is 43.9 Å². The van der Waals surface area contributed by atoms with Gasteiger partial charge in [0.1, 0.15) is 0 Å². The summed E-state index contributed by atoms with van der Waals surface area (Å²) in [5, 5.41) is 0. The number of hydrogen-bond donors (Lipinski definition) is 0. The Labute approximate surface area is 170 Å². The summed E-state index contributed by atoms with van der Waals surface area (Å²) in [6.45, 7) is 7.84. The summed E-state index contributed by atoms with van der Waals surface area (Å²) in [6.07, 6.45) is 5.90. The summed E-state index contributed by atoms with van der Waals surface area (Å²) in [7, 11) is -3.24. The lowest BCUT2D eigenvalue weighted by atomic mass is 9.77. The molecular formula is C22H34N2O3S. The number of likely N-dealkylation sites (tertiary alicyclic amines) is 1. The van der Waals surface area contributed by atoms with Gasteiger partial charge < -0.3 is 9.64 Å². The molecule has 4 rings (SSSR count). The van der Waals surface area contributed by atoms with Crippen LogP contribution in [0.5, 0.6) is 0 Å². The molecular weight excluding hydrogens is 372 g/mol. The van der Waals surface area contributed by atoms with Crippen molar-refractivity contribution in [1.82, 2.24) is 9.21 Å². The Morgan fingerprint density at radius 1 is 1.14 bits per heavy atom. The van der Waals surface area contributed by atoms with E-state index >= 15 is 0 Å². The van der Waals surface area contributed by atoms with E-state index in [1.54, 1.807) is 4.31 Å². The van der Waals surface area contributed by atoms with Crippen molar-refractivity contribution >= 4 is 10.0 Å². The molecule has 1 aromatic carbocycles. The quantitative estimate of drug-likeness (QED) is 0.754. The van der Waals surface area contributed by atoms with Gasteiger partial charge in [-0.15, -0.1) is 0 Å². The molecule has 0 amide bonds. The van der Waals surface area contributed by atoms with Crippen molar-refractivity contribution < 1.29 is 13.2 Å². The van der Waals surface area contributed by atoms with Crippen LogP contribution < -0.4 is 0 Å². The molecule has 0 aromatic heterocycles. The summed E-state index contributed by atoms with van der Waals surface area (Å²) in [5.74, 6) is 0.898. The summed E-state index contributed by atoms with van der Waals surface area (Å²) < 4.78 is 33.5. The average molecular weight is 407 g/mol. The van der Waals surface area contributed by atoms with Gasteiger partial charge in [0, 0.05) is 26.2 Å². The van der Waals surface area contributed by atoms with Crippen molar-refractivity contribution in [3.63, 3.8) is 0 Å². The number of benzene rings is 1. The van der Waals surface area contributed by atoms with Gasteiger partial charge in [-0.1, -0.05) is 37.3 Å². The van der Waals surface area contributed by atoms with Crippen molar-refractivity contribution in [2.75, 3.05) is 39.3 Å². The van der Waals surface area contributed by atoms with Crippen molar-refractivity contribution in [3.05, 3.63) is 35.9 Å². The zero-order valence-electron chi connectivity index (χ0n) is 17.1. The molecule has 0 unspecified atom stereocenters. The first-order valence-electron chi connectivity index (χ1n) is 10.8. The molecule has 1 aromatic rings. The maximum absolute atomic E-state index is 12.8. The number of ether oxygens (including phenoxy) is 1. The molecule has 0 bridgehead atoms. The highest BCUT2D eigenvalue weighted by Crippen LogP contribution is 2.43. The van der Waals surface area contributed by atoms with E-state index in [9.17, 15) is 8.42 Å². The molecule has 28 heavy (non-hydrogen) atoms. The third-order valence-electron chi connectivity index (χ3n) is 6.86. The van der Waals surface area contributed by atoms with Gasteiger partial charge in [0.05, 0.1) is 18.5 Å². The molecule has 0 aliphatic carbocycles. The van der Waals surface area contributed by atoms with Gasteiger partial charge in [-0.3, -0.25) is 0 Å². The first kappa shape index (κ1) is 20.3. The van der Waals surface area contributed by atoms with Crippen LogP contribution in [0.15, 0.2) is 30.3 Å². The van der Waals surface area contributed by atoms with E-state index in [2.05, 4.69) is 11.8 Å². The Hall–Kier alpha value is -0.950. The minimum Gasteiger partial charge on any atom is -0.376 e. The minimum atomic E-state index is -3.24. The standard InChI is InChI=1S/C22H34N2O3S/c1-19-6-5-11-23(15-19)16-21-14-22(18-27-21)9-12-24(13-10-22)28(25,26)17-20-7-3-2-4-8-20/h2-4,7-8,19,21H,5-6,9-18H2,1H3/t19-,21-/m0/s1. The van der Waals surface area contributed by atoms with Crippen molar-refractivity contribution in [1.29, 1.82) is 0 Å². The van der Waals surface area contributed by atoms with Crippen LogP contribution >= 0.6 is 0 Å². The smallest absolute Gasteiger partial charge is 0.218 e. The Kier molecular flexibility index (Phi) is 6.12. The molecule has 3 heterocycles. The van der Waals surface area contributed by atoms with Gasteiger partial charge in [-0.05, 0) is 55.5 Å². The predicted molar refractivity (Wildman–Crippen MR) is 112 cm³/mol. The van der Waals surface area contributed by atoms with E-state index in [1.807, 2.05) is 30.3 Å².